The van der Waals surface area contributed by atoms with E-state index in [1.165, 1.54) is 5.56 Å². The summed E-state index contributed by atoms with van der Waals surface area (Å²) < 4.78 is 11.1. The van der Waals surface area contributed by atoms with Crippen molar-refractivity contribution < 1.29 is 19.4 Å². The summed E-state index contributed by atoms with van der Waals surface area (Å²) >= 11 is 0. The monoisotopic (exact) mass is 397 g/mol. The molecule has 1 heterocycles. The molecule has 0 amide bonds. The number of phenols is 1. The lowest BCUT2D eigenvalue weighted by atomic mass is 9.93. The van der Waals surface area contributed by atoms with Crippen LogP contribution >= 0.6 is 0 Å². The highest BCUT2D eigenvalue weighted by Gasteiger charge is 2.35. The third-order valence-electron chi connectivity index (χ3n) is 5.48. The minimum Gasteiger partial charge on any atom is -0.508 e. The van der Waals surface area contributed by atoms with Gasteiger partial charge < -0.3 is 19.9 Å². The van der Waals surface area contributed by atoms with Gasteiger partial charge in [-0.2, -0.15) is 0 Å². The SMILES string of the molecule is Cc1cc(OCC(=O)OC2(C)CNC2)cc(C)c1Cc1ccc(O)c(C(C)C)c1. The summed E-state index contributed by atoms with van der Waals surface area (Å²) in [7, 11) is 0. The van der Waals surface area contributed by atoms with Crippen LogP contribution < -0.4 is 10.1 Å². The number of carbonyl (C=O) groups excluding carboxylic acids is 1. The summed E-state index contributed by atoms with van der Waals surface area (Å²) in [5.74, 6) is 0.940. The number of carbonyl (C=O) groups is 1. The molecular formula is C24H31NO4. The lowest BCUT2D eigenvalue weighted by molar-refractivity contribution is -0.165. The molecule has 0 spiro atoms. The highest BCUT2D eigenvalue weighted by atomic mass is 16.6. The van der Waals surface area contributed by atoms with Crippen molar-refractivity contribution in [2.75, 3.05) is 19.7 Å². The maximum absolute atomic E-state index is 12.0. The summed E-state index contributed by atoms with van der Waals surface area (Å²) in [5.41, 5.74) is 5.18. The number of rotatable bonds is 7. The molecule has 3 rings (SSSR count). The van der Waals surface area contributed by atoms with E-state index in [2.05, 4.69) is 39.1 Å². The molecule has 156 valence electrons. The fraction of sp³-hybridized carbons (Fsp3) is 0.458. The average molecular weight is 398 g/mol. The first-order valence-corrected chi connectivity index (χ1v) is 10.1. The zero-order chi connectivity index (χ0) is 21.2. The molecule has 2 N–H and O–H groups in total. The normalized spacial score (nSPS) is 15.1. The van der Waals surface area contributed by atoms with E-state index in [-0.39, 0.29) is 18.5 Å². The molecule has 0 atom stereocenters. The Morgan fingerprint density at radius 3 is 2.38 bits per heavy atom. The predicted molar refractivity (Wildman–Crippen MR) is 114 cm³/mol. The first-order chi connectivity index (χ1) is 13.7. The second kappa shape index (κ2) is 8.46. The van der Waals surface area contributed by atoms with Crippen molar-refractivity contribution in [1.29, 1.82) is 0 Å². The molecule has 5 heteroatoms. The van der Waals surface area contributed by atoms with E-state index in [0.29, 0.717) is 24.6 Å². The molecule has 2 aromatic carbocycles. The topological polar surface area (TPSA) is 67.8 Å². The van der Waals surface area contributed by atoms with E-state index >= 15 is 0 Å². The Kier molecular flexibility index (Phi) is 6.18. The molecule has 0 aliphatic carbocycles. The summed E-state index contributed by atoms with van der Waals surface area (Å²) in [6.07, 6.45) is 0.783. The fourth-order valence-electron chi connectivity index (χ4n) is 3.69. The standard InChI is InChI=1S/C24H31NO4/c1-15(2)20-10-18(6-7-22(20)26)11-21-16(3)8-19(9-17(21)4)28-12-23(27)29-24(5)13-25-14-24/h6-10,15,25-26H,11-14H2,1-5H3. The van der Waals surface area contributed by atoms with Crippen molar-refractivity contribution in [3.05, 3.63) is 58.1 Å². The van der Waals surface area contributed by atoms with Crippen LogP contribution in [0.5, 0.6) is 11.5 Å². The molecule has 0 bridgehead atoms. The predicted octanol–water partition coefficient (Wildman–Crippen LogP) is 4.01. The van der Waals surface area contributed by atoms with Crippen LogP contribution in [0, 0.1) is 13.8 Å². The van der Waals surface area contributed by atoms with Crippen LogP contribution in [0.4, 0.5) is 0 Å². The largest absolute Gasteiger partial charge is 0.508 e. The molecule has 29 heavy (non-hydrogen) atoms. The van der Waals surface area contributed by atoms with Gasteiger partial charge in [0.15, 0.2) is 6.61 Å². The summed E-state index contributed by atoms with van der Waals surface area (Å²) in [4.78, 5) is 12.0. The number of benzene rings is 2. The Morgan fingerprint density at radius 2 is 1.83 bits per heavy atom. The van der Waals surface area contributed by atoms with Gasteiger partial charge in [-0.05, 0) is 79.1 Å². The van der Waals surface area contributed by atoms with Gasteiger partial charge in [0.2, 0.25) is 0 Å². The third-order valence-corrected chi connectivity index (χ3v) is 5.48. The van der Waals surface area contributed by atoms with E-state index in [1.807, 2.05) is 25.1 Å². The zero-order valence-corrected chi connectivity index (χ0v) is 18.0. The Balaban J connectivity index is 1.68. The lowest BCUT2D eigenvalue weighted by Crippen LogP contribution is -2.60. The van der Waals surface area contributed by atoms with Crippen molar-refractivity contribution in [3.8, 4) is 11.5 Å². The molecule has 1 saturated heterocycles. The Morgan fingerprint density at radius 1 is 1.17 bits per heavy atom. The number of ether oxygens (including phenoxy) is 2. The number of aryl methyl sites for hydroxylation is 2. The molecule has 5 nitrogen and oxygen atoms in total. The lowest BCUT2D eigenvalue weighted by Gasteiger charge is -2.38. The van der Waals surface area contributed by atoms with Crippen molar-refractivity contribution in [2.24, 2.45) is 0 Å². The molecule has 1 aliphatic rings. The zero-order valence-electron chi connectivity index (χ0n) is 18.0. The number of esters is 1. The number of phenolic OH excluding ortho intramolecular Hbond substituents is 1. The molecule has 1 aliphatic heterocycles. The van der Waals surface area contributed by atoms with E-state index in [4.69, 9.17) is 9.47 Å². The van der Waals surface area contributed by atoms with Crippen LogP contribution in [0.3, 0.4) is 0 Å². The van der Waals surface area contributed by atoms with Gasteiger partial charge in [0.25, 0.3) is 0 Å². The van der Waals surface area contributed by atoms with Crippen molar-refractivity contribution >= 4 is 5.97 Å². The van der Waals surface area contributed by atoms with Crippen LogP contribution in [0.1, 0.15) is 54.5 Å². The van der Waals surface area contributed by atoms with Gasteiger partial charge in [0.1, 0.15) is 17.1 Å². The Hall–Kier alpha value is -2.53. The van der Waals surface area contributed by atoms with Gasteiger partial charge >= 0.3 is 5.97 Å². The van der Waals surface area contributed by atoms with Crippen LogP contribution in [0.15, 0.2) is 30.3 Å². The van der Waals surface area contributed by atoms with Crippen molar-refractivity contribution in [3.63, 3.8) is 0 Å². The quantitative estimate of drug-likeness (QED) is 0.691. The summed E-state index contributed by atoms with van der Waals surface area (Å²) in [6.45, 7) is 11.4. The number of hydrogen-bond donors (Lipinski definition) is 2. The molecular weight excluding hydrogens is 366 g/mol. The Bertz CT molecular complexity index is 877. The van der Waals surface area contributed by atoms with E-state index < -0.39 is 5.60 Å². The number of hydrogen-bond acceptors (Lipinski definition) is 5. The molecule has 0 aromatic heterocycles. The van der Waals surface area contributed by atoms with E-state index in [0.717, 1.165) is 28.7 Å². The molecule has 0 radical (unpaired) electrons. The van der Waals surface area contributed by atoms with Crippen LogP contribution in [0.2, 0.25) is 0 Å². The minimum atomic E-state index is -0.408. The highest BCUT2D eigenvalue weighted by Crippen LogP contribution is 2.29. The van der Waals surface area contributed by atoms with Gasteiger partial charge in [0.05, 0.1) is 0 Å². The second-order valence-corrected chi connectivity index (χ2v) is 8.58. The highest BCUT2D eigenvalue weighted by molar-refractivity contribution is 5.71. The van der Waals surface area contributed by atoms with Crippen LogP contribution in [-0.4, -0.2) is 36.4 Å². The number of aromatic hydroxyl groups is 1. The minimum absolute atomic E-state index is 0.0937. The van der Waals surface area contributed by atoms with Crippen molar-refractivity contribution in [2.45, 2.75) is 52.6 Å². The van der Waals surface area contributed by atoms with Crippen molar-refractivity contribution in [1.82, 2.24) is 5.32 Å². The smallest absolute Gasteiger partial charge is 0.344 e. The first-order valence-electron chi connectivity index (χ1n) is 10.1. The third kappa shape index (κ3) is 5.10. The van der Waals surface area contributed by atoms with E-state index in [1.54, 1.807) is 6.07 Å². The van der Waals surface area contributed by atoms with Gasteiger partial charge in [-0.15, -0.1) is 0 Å². The average Bonchev–Trinajstić information content (AvgIpc) is 2.62. The Labute approximate surface area is 173 Å². The van der Waals surface area contributed by atoms with Gasteiger partial charge in [0, 0.05) is 13.1 Å². The summed E-state index contributed by atoms with van der Waals surface area (Å²) in [6, 6.07) is 9.75. The van der Waals surface area contributed by atoms with Crippen LogP contribution in [-0.2, 0) is 16.0 Å². The second-order valence-electron chi connectivity index (χ2n) is 8.58. The summed E-state index contributed by atoms with van der Waals surface area (Å²) in [5, 5.41) is 13.2. The van der Waals surface area contributed by atoms with Gasteiger partial charge in [-0.25, -0.2) is 4.79 Å². The fourth-order valence-corrected chi connectivity index (χ4v) is 3.69. The van der Waals surface area contributed by atoms with Crippen LogP contribution in [0.25, 0.3) is 0 Å². The maximum Gasteiger partial charge on any atom is 0.344 e. The number of nitrogens with one attached hydrogen (secondary N) is 1. The molecule has 0 saturated carbocycles. The maximum atomic E-state index is 12.0. The molecule has 1 fully saturated rings. The molecule has 0 unspecified atom stereocenters. The van der Waals surface area contributed by atoms with Gasteiger partial charge in [-0.3, -0.25) is 0 Å². The first kappa shape index (κ1) is 21.2. The molecule has 2 aromatic rings. The van der Waals surface area contributed by atoms with Gasteiger partial charge in [-0.1, -0.05) is 26.0 Å². The van der Waals surface area contributed by atoms with E-state index in [9.17, 15) is 9.90 Å².